The van der Waals surface area contributed by atoms with Crippen LogP contribution in [0.2, 0.25) is 0 Å². The topological polar surface area (TPSA) is 430 Å². The van der Waals surface area contributed by atoms with Crippen molar-refractivity contribution < 1.29 is 67.6 Å². The molecule has 8 aromatic heterocycles. The average molecular weight is 2010 g/mol. The second-order valence-electron chi connectivity index (χ2n) is 44.4. The summed E-state index contributed by atoms with van der Waals surface area (Å²) in [5.41, 5.74) is 3.28. The van der Waals surface area contributed by atoms with Gasteiger partial charge in [-0.15, -0.1) is 45.3 Å². The predicted molar refractivity (Wildman–Crippen MR) is 553 cm³/mol. The Morgan fingerprint density at radius 3 is 0.900 bits per heavy atom. The monoisotopic (exact) mass is 2010 g/mol. The molecule has 0 aromatic carbocycles. The number of pyridine rings is 4. The fourth-order valence-corrected chi connectivity index (χ4v) is 20.4. The van der Waals surface area contributed by atoms with Gasteiger partial charge in [0, 0.05) is 148 Å². The summed E-state index contributed by atoms with van der Waals surface area (Å²) in [5, 5.41) is 64.8. The summed E-state index contributed by atoms with van der Waals surface area (Å²) >= 11 is 4.57. The Kier molecular flexibility index (Phi) is 36.4. The fraction of sp³-hybridized carbons (Fsp3) is 0.608. The number of halogens is 2. The quantitative estimate of drug-likeness (QED) is 0.0227. The van der Waals surface area contributed by atoms with Gasteiger partial charge < -0.3 is 82.6 Å². The van der Waals surface area contributed by atoms with E-state index in [-0.39, 0.29) is 121 Å². The number of carbonyl (C=O) groups excluding carboxylic acids is 8. The molecule has 0 radical (unpaired) electrons. The number of anilines is 4. The molecule has 1 saturated carbocycles. The van der Waals surface area contributed by atoms with E-state index in [4.69, 9.17) is 0 Å². The molecule has 766 valence electrons. The maximum atomic E-state index is 14.0. The lowest BCUT2D eigenvalue weighted by Crippen LogP contribution is -2.42. The Bertz CT molecular complexity index is 5740. The molecule has 12 N–H and O–H groups in total. The SMILES string of the molecule is Cc1cc(NC(C)(C)C)ncc1-c1sc(C(=O)NCC(C)(C)O)nc1C(=O)N1CCCC[C@@H]1C.Cc1cc(NC2(C)CCC2)ncc1-c1sc(C(=O)NCC(C)(C)O)nc1C(=O)N1CCCC[C@@H]1C.Cc1cc(NCC(C)(C)C)ncc1-c1sc(C(=O)NCC(C)(C)O)nc1C(=O)N1CC(F)(F)C[C@@H]1C.Cc1cc(NCC(C)(C)C)ncc1-c1sc(C(=O)NCC(C)(C)O)nc1C(=O)N1CCCC[C@@H]1C. The number of alkyl halides is 2. The summed E-state index contributed by atoms with van der Waals surface area (Å²) in [6, 6.07) is 7.48. The minimum absolute atomic E-state index is 0.00513. The van der Waals surface area contributed by atoms with Gasteiger partial charge in [-0.25, -0.2) is 48.7 Å². The molecule has 13 rings (SSSR count). The molecular formula is C102H148F2N20O12S4. The number of nitrogens with zero attached hydrogens (tertiary/aromatic N) is 12. The third kappa shape index (κ3) is 31.6. The van der Waals surface area contributed by atoms with Crippen LogP contribution in [-0.2, 0) is 0 Å². The number of nitrogens with one attached hydrogen (secondary N) is 8. The van der Waals surface area contributed by atoms with E-state index in [2.05, 4.69) is 172 Å². The molecule has 1 aliphatic carbocycles. The van der Waals surface area contributed by atoms with Crippen LogP contribution in [0.4, 0.5) is 32.1 Å². The molecule has 4 saturated heterocycles. The second kappa shape index (κ2) is 45.6. The van der Waals surface area contributed by atoms with Crippen LogP contribution >= 0.6 is 45.3 Å². The first-order valence-electron chi connectivity index (χ1n) is 48.5. The number of thiazole rings is 4. The Balaban J connectivity index is 0.000000192. The highest BCUT2D eigenvalue weighted by Crippen LogP contribution is 2.43. The number of rotatable bonds is 27. The molecule has 8 aromatic rings. The molecule has 5 aliphatic rings. The number of aryl methyl sites for hydroxylation is 4. The number of aliphatic hydroxyl groups is 4. The summed E-state index contributed by atoms with van der Waals surface area (Å²) < 4.78 is 28.1. The van der Waals surface area contributed by atoms with Gasteiger partial charge in [0.25, 0.3) is 53.2 Å². The molecule has 5 fully saturated rings. The van der Waals surface area contributed by atoms with E-state index in [0.717, 1.165) is 150 Å². The molecule has 12 heterocycles. The van der Waals surface area contributed by atoms with Gasteiger partial charge in [0.2, 0.25) is 0 Å². The molecule has 8 amide bonds. The van der Waals surface area contributed by atoms with Crippen molar-refractivity contribution >= 4 is 116 Å². The van der Waals surface area contributed by atoms with Gasteiger partial charge in [-0.05, 0) is 273 Å². The zero-order valence-electron chi connectivity index (χ0n) is 86.5. The Morgan fingerprint density at radius 1 is 0.386 bits per heavy atom. The summed E-state index contributed by atoms with van der Waals surface area (Å²) in [7, 11) is 0. The summed E-state index contributed by atoms with van der Waals surface area (Å²) in [6.07, 6.45) is 19.0. The van der Waals surface area contributed by atoms with E-state index in [1.54, 1.807) is 87.1 Å². The van der Waals surface area contributed by atoms with Crippen LogP contribution < -0.4 is 42.5 Å². The summed E-state index contributed by atoms with van der Waals surface area (Å²) in [5.74, 6) is -2.85. The minimum Gasteiger partial charge on any atom is -0.389 e. The normalized spacial score (nSPS) is 17.8. The van der Waals surface area contributed by atoms with Gasteiger partial charge >= 0.3 is 0 Å². The molecule has 4 atom stereocenters. The van der Waals surface area contributed by atoms with Crippen molar-refractivity contribution in [2.45, 2.75) is 327 Å². The first-order chi connectivity index (χ1) is 64.9. The van der Waals surface area contributed by atoms with Gasteiger partial charge in [0.05, 0.1) is 48.5 Å². The van der Waals surface area contributed by atoms with E-state index < -0.39 is 76.9 Å². The average Bonchev–Trinajstić information content (AvgIpc) is 1.53. The number of amides is 8. The molecule has 38 heteroatoms. The van der Waals surface area contributed by atoms with Crippen LogP contribution in [0, 0.1) is 38.5 Å². The van der Waals surface area contributed by atoms with Gasteiger partial charge in [-0.3, -0.25) is 38.4 Å². The highest BCUT2D eigenvalue weighted by Gasteiger charge is 2.47. The number of piperidine rings is 3. The number of likely N-dealkylation sites (tertiary alicyclic amines) is 4. The highest BCUT2D eigenvalue weighted by molar-refractivity contribution is 7.18. The molecule has 4 aliphatic heterocycles. The maximum absolute atomic E-state index is 14.0. The first-order valence-corrected chi connectivity index (χ1v) is 51.8. The van der Waals surface area contributed by atoms with E-state index >= 15 is 0 Å². The zero-order valence-corrected chi connectivity index (χ0v) is 89.8. The molecule has 0 spiro atoms. The predicted octanol–water partition coefficient (Wildman–Crippen LogP) is 17.5. The van der Waals surface area contributed by atoms with Gasteiger partial charge in [-0.2, -0.15) is 0 Å². The Labute approximate surface area is 839 Å². The van der Waals surface area contributed by atoms with Crippen molar-refractivity contribution in [2.24, 2.45) is 10.8 Å². The molecule has 32 nitrogen and oxygen atoms in total. The number of carbonyl (C=O) groups is 8. The zero-order chi connectivity index (χ0) is 104. The van der Waals surface area contributed by atoms with E-state index in [0.29, 0.717) is 62.8 Å². The lowest BCUT2D eigenvalue weighted by atomic mass is 9.78. The Hall–Kier alpha value is -10.2. The number of hydrogen-bond donors (Lipinski definition) is 12. The summed E-state index contributed by atoms with van der Waals surface area (Å²) in [4.78, 5) is 151. The van der Waals surface area contributed by atoms with Crippen LogP contribution in [0.15, 0.2) is 49.1 Å². The van der Waals surface area contributed by atoms with Crippen molar-refractivity contribution in [3.05, 3.63) is 114 Å². The van der Waals surface area contributed by atoms with Crippen molar-refractivity contribution in [1.29, 1.82) is 0 Å². The van der Waals surface area contributed by atoms with Crippen molar-refractivity contribution in [3.63, 3.8) is 0 Å². The van der Waals surface area contributed by atoms with Crippen molar-refractivity contribution in [1.82, 2.24) is 80.7 Å². The van der Waals surface area contributed by atoms with Crippen molar-refractivity contribution in [3.8, 4) is 41.8 Å². The van der Waals surface area contributed by atoms with Crippen LogP contribution in [0.3, 0.4) is 0 Å². The third-order valence-corrected chi connectivity index (χ3v) is 28.6. The highest BCUT2D eigenvalue weighted by atomic mass is 32.1. The number of hydrogen-bond acceptors (Lipinski definition) is 28. The smallest absolute Gasteiger partial charge is 0.280 e. The molecule has 0 unspecified atom stereocenters. The second-order valence-corrected chi connectivity index (χ2v) is 48.4. The van der Waals surface area contributed by atoms with Gasteiger partial charge in [0.1, 0.15) is 46.0 Å². The number of aromatic nitrogens is 8. The first kappa shape index (κ1) is 112. The van der Waals surface area contributed by atoms with Crippen LogP contribution in [-0.4, -0.2) is 256 Å². The lowest BCUT2D eigenvalue weighted by Gasteiger charge is -2.39. The Morgan fingerprint density at radius 2 is 0.657 bits per heavy atom. The van der Waals surface area contributed by atoms with Gasteiger partial charge in [0.15, 0.2) is 20.0 Å². The molecular weight excluding hydrogens is 1860 g/mol. The van der Waals surface area contributed by atoms with E-state index in [9.17, 15) is 67.6 Å². The van der Waals surface area contributed by atoms with Crippen LogP contribution in [0.25, 0.3) is 41.8 Å². The van der Waals surface area contributed by atoms with Crippen LogP contribution in [0.1, 0.15) is 339 Å². The van der Waals surface area contributed by atoms with E-state index in [1.165, 1.54) is 40.4 Å². The van der Waals surface area contributed by atoms with Gasteiger partial charge in [-0.1, -0.05) is 41.5 Å². The minimum atomic E-state index is -2.98. The van der Waals surface area contributed by atoms with Crippen molar-refractivity contribution in [2.75, 3.05) is 86.7 Å². The standard InChI is InChI=1S/C26H37N5O3S.C26H39N5O3S.C25H35F2N5O3S.C25H37N5O3S/c1-16-13-19(30-26(5)10-8-11-26)27-14-18(16)21-20(24(33)31-12-7-6-9-17(31)2)29-23(35-21)22(32)28-15-25(3,4)34;1-16-12-19(28-14-25(3,4)5)27-13-18(16)21-20(24(33)31-11-9-8-10-17(31)2)30-23(35-21)22(32)29-15-26(6,7)34;1-14-8-17(29-11-23(3,4)5)28-10-16(14)19-18(22(34)32-13-25(26,27)9-15(32)2)31-21(36-19)20(33)30-12-24(6,7)35;1-15-12-18(29-24(3,4)5)26-13-17(15)20-19(23(32)30-11-9-8-10-16(30)2)28-22(34-20)21(31)27-14-25(6,7)33/h13-14,17,34H,6-12,15H2,1-5H3,(H,27,30)(H,28,32);12-13,17,34H,8-11,14-15H2,1-7H3,(H,27,28)(H,29,32);8,10,15,35H,9,11-13H2,1-7H3,(H,28,29)(H,30,33);12-13,16,33H,8-11,14H2,1-7H3,(H,26,29)(H,27,31)/t2*17-;15-;16-/m0000/s1. The maximum Gasteiger partial charge on any atom is 0.280 e. The lowest BCUT2D eigenvalue weighted by molar-refractivity contribution is 0.0117. The fourth-order valence-electron chi connectivity index (χ4n) is 16.2. The third-order valence-electron chi connectivity index (χ3n) is 24.2. The summed E-state index contributed by atoms with van der Waals surface area (Å²) in [6.45, 7) is 52.6. The largest absolute Gasteiger partial charge is 0.389 e. The molecule has 0 bridgehead atoms. The van der Waals surface area contributed by atoms with Crippen LogP contribution in [0.5, 0.6) is 0 Å². The molecule has 140 heavy (non-hydrogen) atoms. The van der Waals surface area contributed by atoms with E-state index in [1.807, 2.05) is 66.7 Å².